The molecule has 0 radical (unpaired) electrons. The van der Waals surface area contributed by atoms with Crippen LogP contribution in [0.2, 0.25) is 0 Å². The first kappa shape index (κ1) is 33.8. The van der Waals surface area contributed by atoms with E-state index in [2.05, 4.69) is 16.4 Å². The number of nitriles is 1. The molecule has 1 aromatic heterocycles. The Labute approximate surface area is 268 Å². The molecule has 0 aliphatic carbocycles. The molecule has 5 rings (SSSR count). The number of sulfone groups is 1. The van der Waals surface area contributed by atoms with Crippen molar-refractivity contribution in [3.05, 3.63) is 89.2 Å². The predicted molar refractivity (Wildman–Crippen MR) is 161 cm³/mol. The molecule has 248 valence electrons. The number of piperidine rings is 2. The summed E-state index contributed by atoms with van der Waals surface area (Å²) in [5, 5.41) is 11.7. The molecule has 2 amide bonds. The normalized spacial score (nSPS) is 19.5. The fourth-order valence-corrected chi connectivity index (χ4v) is 6.25. The molecular weight excluding hydrogens is 642 g/mol. The van der Waals surface area contributed by atoms with Crippen molar-refractivity contribution in [3.8, 4) is 11.8 Å². The van der Waals surface area contributed by atoms with Gasteiger partial charge in [-0.1, -0.05) is 12.1 Å². The van der Waals surface area contributed by atoms with Crippen LogP contribution in [0, 0.1) is 11.3 Å². The molecule has 15 heteroatoms. The van der Waals surface area contributed by atoms with E-state index in [0.29, 0.717) is 51.0 Å². The Hall–Kier alpha value is -4.55. The van der Waals surface area contributed by atoms with E-state index in [1.807, 2.05) is 17.0 Å². The van der Waals surface area contributed by atoms with Gasteiger partial charge in [-0.05, 0) is 60.5 Å². The molecule has 2 aliphatic heterocycles. The lowest BCUT2D eigenvalue weighted by molar-refractivity contribution is -0.0436. The van der Waals surface area contributed by atoms with Gasteiger partial charge in [-0.25, -0.2) is 12.8 Å². The average Bonchev–Trinajstić information content (AvgIpc) is 3.06. The van der Waals surface area contributed by atoms with Gasteiger partial charge in [-0.2, -0.15) is 18.4 Å². The van der Waals surface area contributed by atoms with Crippen LogP contribution in [0.25, 0.3) is 0 Å². The molecule has 2 aliphatic rings. The number of benzene rings is 2. The van der Waals surface area contributed by atoms with Crippen LogP contribution >= 0.6 is 0 Å². The number of carbonyl (C=O) groups excluding carboxylic acids is 2. The number of aromatic nitrogens is 1. The van der Waals surface area contributed by atoms with Gasteiger partial charge in [-0.3, -0.25) is 19.5 Å². The highest BCUT2D eigenvalue weighted by atomic mass is 32.2. The van der Waals surface area contributed by atoms with E-state index < -0.39 is 38.4 Å². The highest BCUT2D eigenvalue weighted by Crippen LogP contribution is 2.31. The number of hydrogen-bond donors (Lipinski definition) is 1. The number of halogens is 4. The molecule has 3 aromatic rings. The van der Waals surface area contributed by atoms with E-state index >= 15 is 0 Å². The Bertz CT molecular complexity index is 1720. The van der Waals surface area contributed by atoms with E-state index in [1.54, 1.807) is 17.0 Å². The van der Waals surface area contributed by atoms with Gasteiger partial charge >= 0.3 is 5.51 Å². The van der Waals surface area contributed by atoms with Crippen LogP contribution in [0.4, 0.5) is 17.6 Å². The molecule has 2 unspecified atom stereocenters. The molecule has 2 atom stereocenters. The number of nitrogens with zero attached hydrogens (tertiary/aromatic N) is 4. The van der Waals surface area contributed by atoms with Gasteiger partial charge < -0.3 is 15.0 Å². The third-order valence-corrected chi connectivity index (χ3v) is 9.65. The Balaban J connectivity index is 1.07. The van der Waals surface area contributed by atoms with Gasteiger partial charge in [0.15, 0.2) is 0 Å². The average molecular weight is 674 g/mol. The summed E-state index contributed by atoms with van der Waals surface area (Å²) in [6, 6.07) is 15.4. The minimum Gasteiger partial charge on any atom is -0.490 e. The van der Waals surface area contributed by atoms with Crippen molar-refractivity contribution in [2.75, 3.05) is 26.2 Å². The molecule has 10 nitrogen and oxygen atoms in total. The molecule has 0 spiro atoms. The SMILES string of the molecule is N#Cc1ccc(CN2CCC(NC(=O)c3ccc(C(=O)N4CCC(Oc5ccc(S(=O)(=O)C(F)(F)F)cc5)CC4)nc3)C(F)C2)cc1. The van der Waals surface area contributed by atoms with Crippen LogP contribution in [0.3, 0.4) is 0 Å². The van der Waals surface area contributed by atoms with Crippen LogP contribution < -0.4 is 10.1 Å². The second-order valence-corrected chi connectivity index (χ2v) is 13.3. The van der Waals surface area contributed by atoms with Gasteiger partial charge in [0.1, 0.15) is 23.7 Å². The van der Waals surface area contributed by atoms with E-state index in [1.165, 1.54) is 18.3 Å². The second kappa shape index (κ2) is 14.1. The summed E-state index contributed by atoms with van der Waals surface area (Å²) in [7, 11) is -5.45. The van der Waals surface area contributed by atoms with Crippen LogP contribution in [-0.2, 0) is 16.4 Å². The van der Waals surface area contributed by atoms with Gasteiger partial charge in [-0.15, -0.1) is 0 Å². The molecule has 47 heavy (non-hydrogen) atoms. The van der Waals surface area contributed by atoms with Gasteiger partial charge in [0.25, 0.3) is 21.7 Å². The van der Waals surface area contributed by atoms with Crippen LogP contribution in [-0.4, -0.2) is 85.0 Å². The molecule has 0 bridgehead atoms. The number of alkyl halides is 4. The monoisotopic (exact) mass is 673 g/mol. The van der Waals surface area contributed by atoms with E-state index in [-0.39, 0.29) is 35.6 Å². The van der Waals surface area contributed by atoms with Crippen molar-refractivity contribution < 1.29 is 40.3 Å². The third-order valence-electron chi connectivity index (χ3n) is 8.15. The summed E-state index contributed by atoms with van der Waals surface area (Å²) >= 11 is 0. The third kappa shape index (κ3) is 8.06. The van der Waals surface area contributed by atoms with Gasteiger partial charge in [0.2, 0.25) is 0 Å². The molecular formula is C32H31F4N5O5S. The minimum atomic E-state index is -5.45. The second-order valence-electron chi connectivity index (χ2n) is 11.4. The van der Waals surface area contributed by atoms with Gasteiger partial charge in [0.05, 0.1) is 28.1 Å². The predicted octanol–water partition coefficient (Wildman–Crippen LogP) is 4.27. The fourth-order valence-electron chi connectivity index (χ4n) is 5.49. The smallest absolute Gasteiger partial charge is 0.490 e. The number of rotatable bonds is 8. The standard InChI is InChI=1S/C32H31F4N5O5S/c33-27-20-40(19-22-3-1-21(17-37)2-4-22)14-13-28(27)39-30(42)23-5-10-29(38-18-23)31(43)41-15-11-25(12-16-41)46-24-6-8-26(9-7-24)47(44,45)32(34,35)36/h1-10,18,25,27-28H,11-16,19-20H2,(H,39,42). The van der Waals surface area contributed by atoms with Crippen molar-refractivity contribution in [3.63, 3.8) is 0 Å². The number of ether oxygens (including phenoxy) is 1. The summed E-state index contributed by atoms with van der Waals surface area (Å²) in [5.74, 6) is -0.638. The number of carbonyl (C=O) groups is 2. The lowest BCUT2D eigenvalue weighted by atomic mass is 10.0. The van der Waals surface area contributed by atoms with Crippen LogP contribution in [0.1, 0.15) is 51.2 Å². The number of hydrogen-bond acceptors (Lipinski definition) is 8. The summed E-state index contributed by atoms with van der Waals surface area (Å²) in [6.45, 7) is 1.90. The number of amides is 2. The summed E-state index contributed by atoms with van der Waals surface area (Å²) < 4.78 is 82.1. The lowest BCUT2D eigenvalue weighted by Gasteiger charge is -2.35. The lowest BCUT2D eigenvalue weighted by Crippen LogP contribution is -2.52. The molecule has 3 heterocycles. The van der Waals surface area contributed by atoms with Gasteiger partial charge in [0, 0.05) is 51.8 Å². The van der Waals surface area contributed by atoms with Crippen molar-refractivity contribution >= 4 is 21.7 Å². The van der Waals surface area contributed by atoms with Crippen molar-refractivity contribution in [1.29, 1.82) is 5.26 Å². The highest BCUT2D eigenvalue weighted by molar-refractivity contribution is 7.92. The zero-order chi connectivity index (χ0) is 33.8. The number of nitrogens with one attached hydrogen (secondary N) is 1. The quantitative estimate of drug-likeness (QED) is 0.351. The molecule has 0 saturated carbocycles. The molecule has 2 aromatic carbocycles. The van der Waals surface area contributed by atoms with Crippen LogP contribution in [0.5, 0.6) is 5.75 Å². The Morgan fingerprint density at radius 2 is 1.66 bits per heavy atom. The molecule has 2 saturated heterocycles. The first-order chi connectivity index (χ1) is 22.3. The molecule has 2 fully saturated rings. The highest BCUT2D eigenvalue weighted by Gasteiger charge is 2.46. The summed E-state index contributed by atoms with van der Waals surface area (Å²) in [6.07, 6.45) is 0.908. The van der Waals surface area contributed by atoms with Crippen molar-refractivity contribution in [2.24, 2.45) is 0 Å². The van der Waals surface area contributed by atoms with E-state index in [0.717, 1.165) is 29.8 Å². The maximum atomic E-state index is 15.0. The maximum absolute atomic E-state index is 15.0. The minimum absolute atomic E-state index is 0.127. The first-order valence-corrected chi connectivity index (χ1v) is 16.3. The topological polar surface area (TPSA) is 133 Å². The number of pyridine rings is 1. The van der Waals surface area contributed by atoms with Crippen molar-refractivity contribution in [1.82, 2.24) is 20.1 Å². The number of likely N-dealkylation sites (tertiary alicyclic amines) is 2. The van der Waals surface area contributed by atoms with Crippen molar-refractivity contribution in [2.45, 2.75) is 54.5 Å². The zero-order valence-electron chi connectivity index (χ0n) is 25.0. The largest absolute Gasteiger partial charge is 0.501 e. The summed E-state index contributed by atoms with van der Waals surface area (Å²) in [5.41, 5.74) is -3.56. The van der Waals surface area contributed by atoms with E-state index in [9.17, 15) is 35.6 Å². The Kier molecular flexibility index (Phi) is 10.1. The fraction of sp³-hybridized carbons (Fsp3) is 0.375. The molecule has 1 N–H and O–H groups in total. The zero-order valence-corrected chi connectivity index (χ0v) is 25.8. The summed E-state index contributed by atoms with van der Waals surface area (Å²) in [4.78, 5) is 32.6. The Morgan fingerprint density at radius 3 is 2.23 bits per heavy atom. The Morgan fingerprint density at radius 1 is 0.979 bits per heavy atom. The first-order valence-electron chi connectivity index (χ1n) is 14.8. The van der Waals surface area contributed by atoms with E-state index in [4.69, 9.17) is 10.00 Å². The van der Waals surface area contributed by atoms with Crippen LogP contribution in [0.15, 0.2) is 71.8 Å². The maximum Gasteiger partial charge on any atom is 0.501 e.